The number of amides is 1. The Bertz CT molecular complexity index is 449. The summed E-state index contributed by atoms with van der Waals surface area (Å²) < 4.78 is 5.66. The monoisotopic (exact) mass is 304 g/mol. The van der Waals surface area contributed by atoms with Crippen molar-refractivity contribution in [3.05, 3.63) is 24.3 Å². The minimum Gasteiger partial charge on any atom is -0.378 e. The number of carbonyl (C=O) groups excluding carboxylic acids is 1. The van der Waals surface area contributed by atoms with Gasteiger partial charge in [0.1, 0.15) is 0 Å². The molecule has 1 aromatic carbocycles. The molecule has 1 fully saturated rings. The first kappa shape index (κ1) is 16.8. The molecule has 0 spiro atoms. The Kier molecular flexibility index (Phi) is 6.72. The summed E-state index contributed by atoms with van der Waals surface area (Å²) in [7, 11) is 0. The summed E-state index contributed by atoms with van der Waals surface area (Å²) in [4.78, 5) is 14.3. The van der Waals surface area contributed by atoms with Crippen LogP contribution in [0.1, 0.15) is 46.0 Å². The van der Waals surface area contributed by atoms with Gasteiger partial charge in [0.2, 0.25) is 5.91 Å². The SMILES string of the molecule is CCN(CC)c1ccc(NC(=O)CCC2CCCCO2)cc1. The van der Waals surface area contributed by atoms with Gasteiger partial charge in [-0.3, -0.25) is 4.79 Å². The number of hydrogen-bond donors (Lipinski definition) is 1. The number of carbonyl (C=O) groups is 1. The van der Waals surface area contributed by atoms with Crippen LogP contribution in [-0.2, 0) is 9.53 Å². The summed E-state index contributed by atoms with van der Waals surface area (Å²) in [5.74, 6) is 0.0739. The van der Waals surface area contributed by atoms with E-state index in [0.717, 1.165) is 44.6 Å². The molecule has 122 valence electrons. The Hall–Kier alpha value is -1.55. The third kappa shape index (κ3) is 5.02. The number of ether oxygens (including phenoxy) is 1. The van der Waals surface area contributed by atoms with Crippen LogP contribution in [-0.4, -0.2) is 31.7 Å². The number of anilines is 2. The van der Waals surface area contributed by atoms with Crippen molar-refractivity contribution in [3.8, 4) is 0 Å². The van der Waals surface area contributed by atoms with Crippen LogP contribution in [0.3, 0.4) is 0 Å². The number of rotatable bonds is 7. The maximum absolute atomic E-state index is 12.0. The molecule has 1 amide bonds. The Balaban J connectivity index is 1.78. The lowest BCUT2D eigenvalue weighted by atomic mass is 10.0. The van der Waals surface area contributed by atoms with E-state index in [2.05, 4.69) is 36.2 Å². The first-order valence-corrected chi connectivity index (χ1v) is 8.49. The third-order valence-corrected chi connectivity index (χ3v) is 4.25. The predicted octanol–water partition coefficient (Wildman–Crippen LogP) is 3.82. The molecule has 2 rings (SSSR count). The van der Waals surface area contributed by atoms with E-state index in [-0.39, 0.29) is 12.0 Å². The molecule has 1 aliphatic rings. The van der Waals surface area contributed by atoms with Crippen LogP contribution in [0.4, 0.5) is 11.4 Å². The van der Waals surface area contributed by atoms with Crippen molar-refractivity contribution in [1.29, 1.82) is 0 Å². The lowest BCUT2D eigenvalue weighted by Gasteiger charge is -2.22. The second-order valence-electron chi connectivity index (χ2n) is 5.79. The van der Waals surface area contributed by atoms with E-state index in [1.165, 1.54) is 12.1 Å². The molecule has 1 aromatic rings. The summed E-state index contributed by atoms with van der Waals surface area (Å²) in [6, 6.07) is 8.07. The first-order chi connectivity index (χ1) is 10.7. The van der Waals surface area contributed by atoms with E-state index in [1.54, 1.807) is 0 Å². The van der Waals surface area contributed by atoms with Crippen LogP contribution >= 0.6 is 0 Å². The van der Waals surface area contributed by atoms with Gasteiger partial charge in [0, 0.05) is 37.5 Å². The summed E-state index contributed by atoms with van der Waals surface area (Å²) in [5.41, 5.74) is 2.06. The maximum Gasteiger partial charge on any atom is 0.224 e. The predicted molar refractivity (Wildman–Crippen MR) is 91.5 cm³/mol. The van der Waals surface area contributed by atoms with Crippen molar-refractivity contribution in [2.75, 3.05) is 29.9 Å². The van der Waals surface area contributed by atoms with Gasteiger partial charge in [-0.15, -0.1) is 0 Å². The van der Waals surface area contributed by atoms with Gasteiger partial charge in [0.15, 0.2) is 0 Å². The molecular weight excluding hydrogens is 276 g/mol. The summed E-state index contributed by atoms with van der Waals surface area (Å²) >= 11 is 0. The molecule has 0 radical (unpaired) electrons. The Morgan fingerprint density at radius 2 is 1.95 bits per heavy atom. The highest BCUT2D eigenvalue weighted by molar-refractivity contribution is 5.90. The Morgan fingerprint density at radius 1 is 1.23 bits per heavy atom. The van der Waals surface area contributed by atoms with E-state index < -0.39 is 0 Å². The molecular formula is C18H28N2O2. The van der Waals surface area contributed by atoms with Gasteiger partial charge in [-0.25, -0.2) is 0 Å². The fourth-order valence-electron chi connectivity index (χ4n) is 2.89. The summed E-state index contributed by atoms with van der Waals surface area (Å²) in [5, 5.41) is 2.97. The highest BCUT2D eigenvalue weighted by Gasteiger charge is 2.15. The Labute approximate surface area is 133 Å². The minimum atomic E-state index is 0.0739. The molecule has 1 saturated heterocycles. The Morgan fingerprint density at radius 3 is 2.55 bits per heavy atom. The van der Waals surface area contributed by atoms with Crippen LogP contribution in [0.15, 0.2) is 24.3 Å². The molecule has 1 aliphatic heterocycles. The average Bonchev–Trinajstić information content (AvgIpc) is 2.56. The van der Waals surface area contributed by atoms with Gasteiger partial charge >= 0.3 is 0 Å². The van der Waals surface area contributed by atoms with Crippen molar-refractivity contribution in [2.24, 2.45) is 0 Å². The van der Waals surface area contributed by atoms with Gasteiger partial charge in [-0.05, 0) is 63.8 Å². The van der Waals surface area contributed by atoms with Crippen LogP contribution in [0, 0.1) is 0 Å². The third-order valence-electron chi connectivity index (χ3n) is 4.25. The fraction of sp³-hybridized carbons (Fsp3) is 0.611. The standard InChI is InChI=1S/C18H28N2O2/c1-3-20(4-2)16-10-8-15(9-11-16)19-18(21)13-12-17-7-5-6-14-22-17/h8-11,17H,3-7,12-14H2,1-2H3,(H,19,21). The van der Waals surface area contributed by atoms with Crippen molar-refractivity contribution in [1.82, 2.24) is 0 Å². The summed E-state index contributed by atoms with van der Waals surface area (Å²) in [6.07, 6.45) is 5.09. The van der Waals surface area contributed by atoms with Crippen molar-refractivity contribution in [2.45, 2.75) is 52.1 Å². The molecule has 0 aromatic heterocycles. The first-order valence-electron chi connectivity index (χ1n) is 8.49. The topological polar surface area (TPSA) is 41.6 Å². The molecule has 1 heterocycles. The quantitative estimate of drug-likeness (QED) is 0.832. The number of hydrogen-bond acceptors (Lipinski definition) is 3. The van der Waals surface area contributed by atoms with Gasteiger partial charge in [-0.1, -0.05) is 0 Å². The largest absolute Gasteiger partial charge is 0.378 e. The highest BCUT2D eigenvalue weighted by atomic mass is 16.5. The molecule has 1 atom stereocenters. The van der Waals surface area contributed by atoms with Gasteiger partial charge in [0.05, 0.1) is 6.10 Å². The van der Waals surface area contributed by atoms with E-state index in [4.69, 9.17) is 4.74 Å². The number of nitrogens with one attached hydrogen (secondary N) is 1. The average molecular weight is 304 g/mol. The number of nitrogens with zero attached hydrogens (tertiary/aromatic N) is 1. The minimum absolute atomic E-state index is 0.0739. The van der Waals surface area contributed by atoms with E-state index in [1.807, 2.05) is 12.1 Å². The lowest BCUT2D eigenvalue weighted by molar-refractivity contribution is -0.117. The van der Waals surface area contributed by atoms with Crippen molar-refractivity contribution < 1.29 is 9.53 Å². The fourth-order valence-corrected chi connectivity index (χ4v) is 2.89. The van der Waals surface area contributed by atoms with Crippen molar-refractivity contribution in [3.63, 3.8) is 0 Å². The molecule has 22 heavy (non-hydrogen) atoms. The van der Waals surface area contributed by atoms with Gasteiger partial charge in [-0.2, -0.15) is 0 Å². The smallest absolute Gasteiger partial charge is 0.224 e. The summed E-state index contributed by atoms with van der Waals surface area (Å²) in [6.45, 7) is 7.12. The lowest BCUT2D eigenvalue weighted by Crippen LogP contribution is -2.22. The highest BCUT2D eigenvalue weighted by Crippen LogP contribution is 2.19. The van der Waals surface area contributed by atoms with E-state index in [9.17, 15) is 4.79 Å². The zero-order valence-corrected chi connectivity index (χ0v) is 13.8. The van der Waals surface area contributed by atoms with Gasteiger partial charge < -0.3 is 15.0 Å². The van der Waals surface area contributed by atoms with Gasteiger partial charge in [0.25, 0.3) is 0 Å². The molecule has 1 N–H and O–H groups in total. The van der Waals surface area contributed by atoms with Crippen molar-refractivity contribution >= 4 is 17.3 Å². The van der Waals surface area contributed by atoms with E-state index in [0.29, 0.717) is 6.42 Å². The van der Waals surface area contributed by atoms with Crippen LogP contribution < -0.4 is 10.2 Å². The zero-order chi connectivity index (χ0) is 15.8. The molecule has 1 unspecified atom stereocenters. The second-order valence-corrected chi connectivity index (χ2v) is 5.79. The molecule has 0 saturated carbocycles. The zero-order valence-electron chi connectivity index (χ0n) is 13.8. The van der Waals surface area contributed by atoms with Crippen LogP contribution in [0.5, 0.6) is 0 Å². The van der Waals surface area contributed by atoms with Crippen LogP contribution in [0.25, 0.3) is 0 Å². The number of benzene rings is 1. The molecule has 4 nitrogen and oxygen atoms in total. The van der Waals surface area contributed by atoms with E-state index >= 15 is 0 Å². The molecule has 0 aliphatic carbocycles. The maximum atomic E-state index is 12.0. The molecule has 0 bridgehead atoms. The van der Waals surface area contributed by atoms with Crippen LogP contribution in [0.2, 0.25) is 0 Å². The molecule has 4 heteroatoms. The normalized spacial score (nSPS) is 18.0. The second kappa shape index (κ2) is 8.79.